The maximum absolute atomic E-state index is 14.0. The zero-order chi connectivity index (χ0) is 21.1. The molecule has 3 aromatic rings. The number of nitrogens with one attached hydrogen (secondary N) is 2. The van der Waals surface area contributed by atoms with Crippen LogP contribution in [0.3, 0.4) is 0 Å². The summed E-state index contributed by atoms with van der Waals surface area (Å²) in [6, 6.07) is 10.8. The molecule has 2 heterocycles. The molecule has 0 aliphatic carbocycles. The van der Waals surface area contributed by atoms with Crippen LogP contribution in [0.5, 0.6) is 0 Å². The molecular formula is C20H17F2N5O3. The molecule has 1 aliphatic rings. The van der Waals surface area contributed by atoms with Crippen LogP contribution in [0.1, 0.15) is 24.1 Å². The third-order valence-corrected chi connectivity index (χ3v) is 4.62. The average Bonchev–Trinajstić information content (AvgIpc) is 3.35. The van der Waals surface area contributed by atoms with Gasteiger partial charge in [0.1, 0.15) is 11.6 Å². The number of para-hydroxylation sites is 1. The van der Waals surface area contributed by atoms with Crippen molar-refractivity contribution in [2.75, 3.05) is 16.8 Å². The Hall–Kier alpha value is -3.82. The second-order valence-corrected chi connectivity index (χ2v) is 6.72. The quantitative estimate of drug-likeness (QED) is 0.669. The van der Waals surface area contributed by atoms with Crippen LogP contribution in [0.15, 0.2) is 53.1 Å². The maximum Gasteiger partial charge on any atom is 0.319 e. The van der Waals surface area contributed by atoms with Crippen molar-refractivity contribution in [2.24, 2.45) is 0 Å². The lowest BCUT2D eigenvalue weighted by molar-refractivity contribution is -0.117. The van der Waals surface area contributed by atoms with Crippen molar-refractivity contribution >= 4 is 23.3 Å². The molecule has 2 N–H and O–H groups in total. The Balaban J connectivity index is 1.34. The summed E-state index contributed by atoms with van der Waals surface area (Å²) in [6.45, 7) is 0.203. The van der Waals surface area contributed by atoms with E-state index >= 15 is 0 Å². The molecule has 4 rings (SSSR count). The lowest BCUT2D eigenvalue weighted by Crippen LogP contribution is -2.28. The number of rotatable bonds is 5. The molecule has 1 aliphatic heterocycles. The van der Waals surface area contributed by atoms with Gasteiger partial charge in [0, 0.05) is 24.6 Å². The van der Waals surface area contributed by atoms with E-state index in [-0.39, 0.29) is 42.9 Å². The molecule has 8 nitrogen and oxygen atoms in total. The lowest BCUT2D eigenvalue weighted by Gasteiger charge is -2.16. The van der Waals surface area contributed by atoms with E-state index in [0.717, 1.165) is 0 Å². The number of urea groups is 1. The van der Waals surface area contributed by atoms with Gasteiger partial charge in [-0.3, -0.25) is 4.79 Å². The van der Waals surface area contributed by atoms with E-state index < -0.39 is 17.7 Å². The molecule has 0 saturated carbocycles. The number of amides is 3. The first kappa shape index (κ1) is 19.5. The Morgan fingerprint density at radius 1 is 1.17 bits per heavy atom. The highest BCUT2D eigenvalue weighted by molar-refractivity contribution is 5.96. The minimum Gasteiger partial charge on any atom is -0.337 e. The molecule has 0 unspecified atom stereocenters. The molecule has 1 fully saturated rings. The Kier molecular flexibility index (Phi) is 5.38. The van der Waals surface area contributed by atoms with E-state index in [0.29, 0.717) is 11.5 Å². The van der Waals surface area contributed by atoms with Gasteiger partial charge in [0.05, 0.1) is 12.2 Å². The molecule has 3 amide bonds. The van der Waals surface area contributed by atoms with Crippen LogP contribution in [0, 0.1) is 11.6 Å². The largest absolute Gasteiger partial charge is 0.337 e. The second-order valence-electron chi connectivity index (χ2n) is 6.72. The first-order chi connectivity index (χ1) is 14.5. The van der Waals surface area contributed by atoms with Crippen LogP contribution in [-0.2, 0) is 11.3 Å². The van der Waals surface area contributed by atoms with Gasteiger partial charge in [-0.15, -0.1) is 0 Å². The van der Waals surface area contributed by atoms with Crippen molar-refractivity contribution in [3.63, 3.8) is 0 Å². The van der Waals surface area contributed by atoms with Gasteiger partial charge >= 0.3 is 6.03 Å². The van der Waals surface area contributed by atoms with Gasteiger partial charge in [0.25, 0.3) is 0 Å². The topological polar surface area (TPSA) is 100 Å². The molecule has 1 saturated heterocycles. The maximum atomic E-state index is 14.0. The summed E-state index contributed by atoms with van der Waals surface area (Å²) in [5.74, 6) is -0.972. The third-order valence-electron chi connectivity index (χ3n) is 4.62. The van der Waals surface area contributed by atoms with Gasteiger partial charge in [-0.1, -0.05) is 17.3 Å². The van der Waals surface area contributed by atoms with E-state index in [2.05, 4.69) is 20.8 Å². The monoisotopic (exact) mass is 413 g/mol. The Bertz CT molecular complexity index is 1070. The van der Waals surface area contributed by atoms with Gasteiger partial charge in [-0.05, 0) is 36.4 Å². The first-order valence-electron chi connectivity index (χ1n) is 9.17. The molecule has 0 bridgehead atoms. The summed E-state index contributed by atoms with van der Waals surface area (Å²) >= 11 is 0. The third kappa shape index (κ3) is 4.27. The highest BCUT2D eigenvalue weighted by Gasteiger charge is 2.35. The van der Waals surface area contributed by atoms with E-state index in [1.165, 1.54) is 35.2 Å². The van der Waals surface area contributed by atoms with Gasteiger partial charge < -0.3 is 20.1 Å². The van der Waals surface area contributed by atoms with E-state index in [1.807, 2.05) is 0 Å². The number of carbonyl (C=O) groups excluding carboxylic acids is 2. The number of anilines is 2. The first-order valence-corrected chi connectivity index (χ1v) is 9.17. The van der Waals surface area contributed by atoms with E-state index in [1.54, 1.807) is 18.2 Å². The standard InChI is InChI=1S/C20H17F2N5O3/c21-13-5-7-14(8-6-13)24-20(29)23-10-17-25-19(26-30-17)12-9-18(28)27(11-12)16-4-2-1-3-15(16)22/h1-8,12H,9-11H2,(H2,23,24,29)/t12-/m0/s1. The number of nitrogens with zero attached hydrogens (tertiary/aromatic N) is 3. The van der Waals surface area contributed by atoms with Crippen LogP contribution in [0.25, 0.3) is 0 Å². The predicted molar refractivity (Wildman–Crippen MR) is 103 cm³/mol. The SMILES string of the molecule is O=C(NCc1nc([C@H]2CC(=O)N(c3ccccc3F)C2)no1)Nc1ccc(F)cc1. The number of hydrogen-bond acceptors (Lipinski definition) is 5. The smallest absolute Gasteiger partial charge is 0.319 e. The Morgan fingerprint density at radius 3 is 2.70 bits per heavy atom. The van der Waals surface area contributed by atoms with Crippen molar-refractivity contribution in [1.29, 1.82) is 0 Å². The summed E-state index contributed by atoms with van der Waals surface area (Å²) in [5, 5.41) is 8.98. The Morgan fingerprint density at radius 2 is 1.93 bits per heavy atom. The molecule has 30 heavy (non-hydrogen) atoms. The molecular weight excluding hydrogens is 396 g/mol. The number of carbonyl (C=O) groups is 2. The van der Waals surface area contributed by atoms with Crippen LogP contribution in [0.2, 0.25) is 0 Å². The second kappa shape index (κ2) is 8.27. The van der Waals surface area contributed by atoms with Gasteiger partial charge in [0.15, 0.2) is 5.82 Å². The normalized spacial score (nSPS) is 16.0. The lowest BCUT2D eigenvalue weighted by atomic mass is 10.1. The zero-order valence-electron chi connectivity index (χ0n) is 15.6. The van der Waals surface area contributed by atoms with Gasteiger partial charge in [-0.25, -0.2) is 13.6 Å². The molecule has 1 aromatic heterocycles. The van der Waals surface area contributed by atoms with Crippen LogP contribution in [0.4, 0.5) is 25.0 Å². The molecule has 10 heteroatoms. The van der Waals surface area contributed by atoms with Gasteiger partial charge in [0.2, 0.25) is 11.8 Å². The molecule has 0 spiro atoms. The number of benzene rings is 2. The van der Waals surface area contributed by atoms with Gasteiger partial charge in [-0.2, -0.15) is 4.98 Å². The van der Waals surface area contributed by atoms with E-state index in [4.69, 9.17) is 4.52 Å². The number of halogens is 2. The summed E-state index contributed by atoms with van der Waals surface area (Å²) in [7, 11) is 0. The van der Waals surface area contributed by atoms with Crippen molar-refractivity contribution in [3.05, 3.63) is 71.9 Å². The number of aromatic nitrogens is 2. The van der Waals surface area contributed by atoms with Crippen molar-refractivity contribution in [1.82, 2.24) is 15.5 Å². The highest BCUT2D eigenvalue weighted by Crippen LogP contribution is 2.31. The fraction of sp³-hybridized carbons (Fsp3) is 0.200. The summed E-state index contributed by atoms with van der Waals surface area (Å²) in [6.07, 6.45) is 0.131. The highest BCUT2D eigenvalue weighted by atomic mass is 19.1. The number of hydrogen-bond donors (Lipinski definition) is 2. The van der Waals surface area contributed by atoms with Crippen molar-refractivity contribution in [3.8, 4) is 0 Å². The van der Waals surface area contributed by atoms with Crippen LogP contribution >= 0.6 is 0 Å². The van der Waals surface area contributed by atoms with Crippen LogP contribution < -0.4 is 15.5 Å². The zero-order valence-corrected chi connectivity index (χ0v) is 15.6. The Labute approximate surface area is 169 Å². The average molecular weight is 413 g/mol. The van der Waals surface area contributed by atoms with E-state index in [9.17, 15) is 18.4 Å². The minimum absolute atomic E-state index is 0.0300. The fourth-order valence-corrected chi connectivity index (χ4v) is 3.15. The molecule has 154 valence electrons. The van der Waals surface area contributed by atoms with Crippen LogP contribution in [-0.4, -0.2) is 28.6 Å². The fourth-order valence-electron chi connectivity index (χ4n) is 3.15. The molecule has 1 atom stereocenters. The van der Waals surface area contributed by atoms with Crippen molar-refractivity contribution < 1.29 is 22.9 Å². The van der Waals surface area contributed by atoms with Crippen molar-refractivity contribution in [2.45, 2.75) is 18.9 Å². The molecule has 0 radical (unpaired) electrons. The predicted octanol–water partition coefficient (Wildman–Crippen LogP) is 3.19. The summed E-state index contributed by atoms with van der Waals surface area (Å²) in [4.78, 5) is 29.8. The minimum atomic E-state index is -0.525. The summed E-state index contributed by atoms with van der Waals surface area (Å²) < 4.78 is 32.0. The molecule has 2 aromatic carbocycles. The summed E-state index contributed by atoms with van der Waals surface area (Å²) in [5.41, 5.74) is 0.644.